The maximum absolute atomic E-state index is 11.3. The van der Waals surface area contributed by atoms with E-state index in [4.69, 9.17) is 4.74 Å². The summed E-state index contributed by atoms with van der Waals surface area (Å²) in [6, 6.07) is 0. The smallest absolute Gasteiger partial charge is 0.335 e. The Morgan fingerprint density at radius 2 is 1.82 bits per heavy atom. The van der Waals surface area contributed by atoms with Crippen LogP contribution in [0.2, 0.25) is 0 Å². The summed E-state index contributed by atoms with van der Waals surface area (Å²) in [5.74, 6) is 0.0788. The molecule has 0 radical (unpaired) electrons. The molecule has 0 amide bonds. The Hall–Kier alpha value is -2.35. The second-order valence-corrected chi connectivity index (χ2v) is 3.49. The SMILES string of the molecule is C=CC(=O)OC1=CC=CC=C2C=CC=CC=C21. The first-order valence-corrected chi connectivity index (χ1v) is 5.30. The summed E-state index contributed by atoms with van der Waals surface area (Å²) in [6.45, 7) is 3.39. The highest BCUT2D eigenvalue weighted by molar-refractivity contribution is 5.83. The molecule has 2 aliphatic carbocycles. The van der Waals surface area contributed by atoms with Crippen molar-refractivity contribution in [2.75, 3.05) is 0 Å². The fraction of sp³-hybridized carbons (Fsp3) is 0. The third-order valence-electron chi connectivity index (χ3n) is 2.35. The van der Waals surface area contributed by atoms with Gasteiger partial charge in [0.05, 0.1) is 0 Å². The molecule has 0 aliphatic heterocycles. The van der Waals surface area contributed by atoms with Crippen LogP contribution in [0.15, 0.2) is 84.2 Å². The minimum absolute atomic E-state index is 0.455. The number of allylic oxidation sites excluding steroid dienone is 10. The summed E-state index contributed by atoms with van der Waals surface area (Å²) >= 11 is 0. The number of carbonyl (C=O) groups is 1. The molecule has 17 heavy (non-hydrogen) atoms. The van der Waals surface area contributed by atoms with Gasteiger partial charge < -0.3 is 4.74 Å². The summed E-state index contributed by atoms with van der Waals surface area (Å²) in [7, 11) is 0. The van der Waals surface area contributed by atoms with Crippen molar-refractivity contribution in [3.8, 4) is 0 Å². The zero-order valence-corrected chi connectivity index (χ0v) is 9.30. The Bertz CT molecular complexity index is 523. The molecule has 2 aliphatic rings. The molecule has 2 nitrogen and oxygen atoms in total. The number of hydrogen-bond acceptors (Lipinski definition) is 2. The molecule has 0 heterocycles. The first kappa shape index (κ1) is 11.1. The molecule has 2 rings (SSSR count). The number of ether oxygens (including phenoxy) is 1. The van der Waals surface area contributed by atoms with Gasteiger partial charge in [0.2, 0.25) is 0 Å². The average molecular weight is 224 g/mol. The second kappa shape index (κ2) is 5.12. The lowest BCUT2D eigenvalue weighted by Gasteiger charge is -2.10. The van der Waals surface area contributed by atoms with Crippen LogP contribution in [0.3, 0.4) is 0 Å². The minimum Gasteiger partial charge on any atom is -0.423 e. The predicted octanol–water partition coefficient (Wildman–Crippen LogP) is 3.15. The van der Waals surface area contributed by atoms with Crippen LogP contribution in [-0.2, 0) is 9.53 Å². The number of hydrogen-bond donors (Lipinski definition) is 0. The Morgan fingerprint density at radius 1 is 1.06 bits per heavy atom. The van der Waals surface area contributed by atoms with Gasteiger partial charge in [-0.15, -0.1) is 0 Å². The van der Waals surface area contributed by atoms with E-state index in [0.717, 1.165) is 17.2 Å². The van der Waals surface area contributed by atoms with E-state index in [1.165, 1.54) is 0 Å². The molecule has 0 aromatic rings. The molecule has 0 saturated carbocycles. The first-order valence-electron chi connectivity index (χ1n) is 5.30. The van der Waals surface area contributed by atoms with Crippen LogP contribution in [0.4, 0.5) is 0 Å². The van der Waals surface area contributed by atoms with Crippen molar-refractivity contribution in [1.82, 2.24) is 0 Å². The first-order chi connectivity index (χ1) is 8.31. The van der Waals surface area contributed by atoms with E-state index < -0.39 is 5.97 Å². The number of carbonyl (C=O) groups excluding carboxylic acids is 1. The van der Waals surface area contributed by atoms with Gasteiger partial charge in [-0.2, -0.15) is 0 Å². The second-order valence-electron chi connectivity index (χ2n) is 3.49. The van der Waals surface area contributed by atoms with E-state index in [1.807, 2.05) is 48.6 Å². The quantitative estimate of drug-likeness (QED) is 0.532. The summed E-state index contributed by atoms with van der Waals surface area (Å²) in [4.78, 5) is 11.3. The van der Waals surface area contributed by atoms with E-state index >= 15 is 0 Å². The van der Waals surface area contributed by atoms with Gasteiger partial charge in [0.25, 0.3) is 0 Å². The molecule has 0 atom stereocenters. The van der Waals surface area contributed by atoms with Gasteiger partial charge in [0, 0.05) is 11.6 Å². The van der Waals surface area contributed by atoms with Crippen LogP contribution in [0.1, 0.15) is 0 Å². The van der Waals surface area contributed by atoms with Gasteiger partial charge in [-0.1, -0.05) is 55.2 Å². The highest BCUT2D eigenvalue weighted by Crippen LogP contribution is 2.26. The van der Waals surface area contributed by atoms with Gasteiger partial charge in [-0.3, -0.25) is 0 Å². The third-order valence-corrected chi connectivity index (χ3v) is 2.35. The van der Waals surface area contributed by atoms with Crippen molar-refractivity contribution in [1.29, 1.82) is 0 Å². The maximum Gasteiger partial charge on any atom is 0.335 e. The van der Waals surface area contributed by atoms with Gasteiger partial charge in [-0.05, 0) is 11.6 Å². The van der Waals surface area contributed by atoms with Crippen molar-refractivity contribution in [2.24, 2.45) is 0 Å². The fourth-order valence-electron chi connectivity index (χ4n) is 1.56. The normalized spacial score (nSPS) is 17.1. The van der Waals surface area contributed by atoms with Crippen molar-refractivity contribution in [3.05, 3.63) is 84.2 Å². The number of esters is 1. The lowest BCUT2D eigenvalue weighted by Crippen LogP contribution is -2.03. The molecule has 0 bridgehead atoms. The van der Waals surface area contributed by atoms with Crippen molar-refractivity contribution in [2.45, 2.75) is 0 Å². The number of fused-ring (bicyclic) bond motifs is 1. The van der Waals surface area contributed by atoms with Gasteiger partial charge in [-0.25, -0.2) is 4.79 Å². The molecule has 0 aromatic heterocycles. The topological polar surface area (TPSA) is 26.3 Å². The Kier molecular flexibility index (Phi) is 3.36. The molecular formula is C15H12O2. The molecular weight excluding hydrogens is 212 g/mol. The monoisotopic (exact) mass is 224 g/mol. The van der Waals surface area contributed by atoms with Crippen LogP contribution in [0, 0.1) is 0 Å². The number of rotatable bonds is 2. The highest BCUT2D eigenvalue weighted by atomic mass is 16.5. The molecule has 0 aromatic carbocycles. The summed E-state index contributed by atoms with van der Waals surface area (Å²) < 4.78 is 5.22. The molecule has 84 valence electrons. The van der Waals surface area contributed by atoms with E-state index in [1.54, 1.807) is 6.08 Å². The van der Waals surface area contributed by atoms with E-state index in [0.29, 0.717) is 5.76 Å². The average Bonchev–Trinajstić information content (AvgIpc) is 2.66. The van der Waals surface area contributed by atoms with Crippen LogP contribution >= 0.6 is 0 Å². The summed E-state index contributed by atoms with van der Waals surface area (Å²) in [6.07, 6.45) is 18.3. The Labute approximate surface area is 100 Å². The maximum atomic E-state index is 11.3. The van der Waals surface area contributed by atoms with Crippen LogP contribution in [0.25, 0.3) is 0 Å². The predicted molar refractivity (Wildman–Crippen MR) is 68.0 cm³/mol. The Morgan fingerprint density at radius 3 is 2.65 bits per heavy atom. The largest absolute Gasteiger partial charge is 0.423 e. The fourth-order valence-corrected chi connectivity index (χ4v) is 1.56. The highest BCUT2D eigenvalue weighted by Gasteiger charge is 2.13. The van der Waals surface area contributed by atoms with Crippen molar-refractivity contribution < 1.29 is 9.53 Å². The Balaban J connectivity index is 2.38. The molecule has 0 saturated heterocycles. The summed E-state index contributed by atoms with van der Waals surface area (Å²) in [5.41, 5.74) is 1.89. The lowest BCUT2D eigenvalue weighted by molar-refractivity contribution is -0.133. The van der Waals surface area contributed by atoms with Crippen LogP contribution in [0.5, 0.6) is 0 Å². The third kappa shape index (κ3) is 2.61. The van der Waals surface area contributed by atoms with Gasteiger partial charge in [0.15, 0.2) is 0 Å². The van der Waals surface area contributed by atoms with Crippen LogP contribution < -0.4 is 0 Å². The minimum atomic E-state index is -0.455. The molecule has 0 N–H and O–H groups in total. The van der Waals surface area contributed by atoms with E-state index in [2.05, 4.69) is 6.58 Å². The van der Waals surface area contributed by atoms with Crippen molar-refractivity contribution in [3.63, 3.8) is 0 Å². The zero-order chi connectivity index (χ0) is 12.1. The van der Waals surface area contributed by atoms with Crippen molar-refractivity contribution >= 4 is 5.97 Å². The lowest BCUT2D eigenvalue weighted by atomic mass is 10.0. The van der Waals surface area contributed by atoms with Crippen LogP contribution in [-0.4, -0.2) is 5.97 Å². The molecule has 0 spiro atoms. The molecule has 0 unspecified atom stereocenters. The molecule has 0 fully saturated rings. The zero-order valence-electron chi connectivity index (χ0n) is 9.30. The molecule has 2 heteroatoms. The van der Waals surface area contributed by atoms with Gasteiger partial charge in [0.1, 0.15) is 5.76 Å². The van der Waals surface area contributed by atoms with E-state index in [9.17, 15) is 4.79 Å². The van der Waals surface area contributed by atoms with E-state index in [-0.39, 0.29) is 0 Å². The standard InChI is InChI=1S/C15H12O2/c1-2-15(16)17-14-11-7-6-9-12-8-4-3-5-10-13(12)14/h2-11H,1H2. The van der Waals surface area contributed by atoms with Gasteiger partial charge >= 0.3 is 5.97 Å². The summed E-state index contributed by atoms with van der Waals surface area (Å²) in [5, 5.41) is 0.